The maximum atomic E-state index is 13.5. The SMILES string of the molecule is C=C/C=C/[C@H](C)[C@@H]1OC(=O)/C=C\C=C\[C@@H](C)[C@@H]2C[C@@H](C=C[C@H](C)[C@H](O[Si](C)(C)C(C)(C)C)[C@@H](C)C[C@@H](C)CCC(O[Si](C)(C)C(C)(C)C)[C@@H]1C)OC(C)(C)O2. The number of esters is 1. The number of allylic oxidation sites excluding steroid dienone is 4. The van der Waals surface area contributed by atoms with E-state index in [0.29, 0.717) is 11.8 Å². The first-order valence-electron chi connectivity index (χ1n) is 21.3. The number of ether oxygens (including phenoxy) is 3. The Kier molecular flexibility index (Phi) is 18.4. The summed E-state index contributed by atoms with van der Waals surface area (Å²) in [6.07, 6.45) is 21.0. The van der Waals surface area contributed by atoms with E-state index < -0.39 is 22.4 Å². The summed E-state index contributed by atoms with van der Waals surface area (Å²) in [5.41, 5.74) is 0. The smallest absolute Gasteiger partial charge is 0.331 e. The van der Waals surface area contributed by atoms with Gasteiger partial charge in [-0.05, 0) is 87.1 Å². The zero-order valence-electron chi connectivity index (χ0n) is 38.5. The van der Waals surface area contributed by atoms with Crippen molar-refractivity contribution >= 4 is 22.6 Å². The second kappa shape index (κ2) is 20.4. The lowest BCUT2D eigenvalue weighted by molar-refractivity contribution is -0.295. The highest BCUT2D eigenvalue weighted by Crippen LogP contribution is 2.42. The maximum Gasteiger partial charge on any atom is 0.331 e. The van der Waals surface area contributed by atoms with Crippen molar-refractivity contribution in [3.8, 4) is 0 Å². The normalized spacial score (nSPS) is 34.5. The minimum Gasteiger partial charge on any atom is -0.458 e. The largest absolute Gasteiger partial charge is 0.458 e. The molecular formula is C47H84O6Si2. The summed E-state index contributed by atoms with van der Waals surface area (Å²) in [7, 11) is -4.24. The van der Waals surface area contributed by atoms with Crippen molar-refractivity contribution < 1.29 is 27.9 Å². The summed E-state index contributed by atoms with van der Waals surface area (Å²) in [6, 6.07) is 0. The molecule has 316 valence electrons. The van der Waals surface area contributed by atoms with Crippen LogP contribution in [0.4, 0.5) is 0 Å². The van der Waals surface area contributed by atoms with Crippen molar-refractivity contribution in [3.63, 3.8) is 0 Å². The third-order valence-corrected chi connectivity index (χ3v) is 22.0. The summed E-state index contributed by atoms with van der Waals surface area (Å²) in [4.78, 5) is 13.5. The first kappa shape index (κ1) is 49.6. The number of hydrogen-bond acceptors (Lipinski definition) is 6. The van der Waals surface area contributed by atoms with Crippen molar-refractivity contribution in [3.05, 3.63) is 61.3 Å². The molecule has 0 amide bonds. The minimum atomic E-state index is -2.16. The fraction of sp³-hybridized carbons (Fsp3) is 0.766. The summed E-state index contributed by atoms with van der Waals surface area (Å²) < 4.78 is 33.9. The van der Waals surface area contributed by atoms with Crippen LogP contribution in [0.25, 0.3) is 0 Å². The van der Waals surface area contributed by atoms with E-state index in [9.17, 15) is 4.79 Å². The van der Waals surface area contributed by atoms with Crippen LogP contribution in [0.2, 0.25) is 36.3 Å². The van der Waals surface area contributed by atoms with Crippen LogP contribution in [0, 0.1) is 35.5 Å². The van der Waals surface area contributed by atoms with Crippen molar-refractivity contribution in [2.45, 2.75) is 195 Å². The second-order valence-corrected chi connectivity index (χ2v) is 30.2. The predicted molar refractivity (Wildman–Crippen MR) is 238 cm³/mol. The van der Waals surface area contributed by atoms with Crippen molar-refractivity contribution in [2.24, 2.45) is 35.5 Å². The van der Waals surface area contributed by atoms with E-state index >= 15 is 0 Å². The van der Waals surface area contributed by atoms with Gasteiger partial charge in [0, 0.05) is 30.3 Å². The topological polar surface area (TPSA) is 63.2 Å². The van der Waals surface area contributed by atoms with E-state index in [0.717, 1.165) is 25.7 Å². The molecule has 0 aromatic heterocycles. The highest BCUT2D eigenvalue weighted by atomic mass is 28.4. The zero-order valence-corrected chi connectivity index (χ0v) is 40.5. The summed E-state index contributed by atoms with van der Waals surface area (Å²) in [5.74, 6) is -0.0215. The van der Waals surface area contributed by atoms with Gasteiger partial charge < -0.3 is 23.1 Å². The van der Waals surface area contributed by atoms with Gasteiger partial charge in [0.15, 0.2) is 22.4 Å². The monoisotopic (exact) mass is 801 g/mol. The van der Waals surface area contributed by atoms with Gasteiger partial charge in [0.1, 0.15) is 6.10 Å². The third-order valence-electron chi connectivity index (χ3n) is 13.0. The van der Waals surface area contributed by atoms with Gasteiger partial charge in [-0.2, -0.15) is 0 Å². The van der Waals surface area contributed by atoms with Crippen molar-refractivity contribution in [1.29, 1.82) is 0 Å². The molecule has 2 aliphatic heterocycles. The van der Waals surface area contributed by atoms with Crippen LogP contribution < -0.4 is 0 Å². The lowest BCUT2D eigenvalue weighted by atomic mass is 9.82. The fourth-order valence-electron chi connectivity index (χ4n) is 7.45. The van der Waals surface area contributed by atoms with Crippen LogP contribution in [0.1, 0.15) is 123 Å². The molecule has 55 heavy (non-hydrogen) atoms. The third kappa shape index (κ3) is 15.3. The van der Waals surface area contributed by atoms with Crippen molar-refractivity contribution in [1.82, 2.24) is 0 Å². The number of rotatable bonds is 7. The molecule has 2 heterocycles. The standard InChI is InChI=1S/C47H84O6Si2/c1-20-21-24-35(4)44-38(7)40(52-54(16,17)45(8,9)10)30-27-33(2)31-37(6)43(53-55(18,19)46(11,12)13)36(5)28-29-39-32-41(51-47(14,15)50-39)34(3)25-22-23-26-42(48)49-44/h20-26,28-29,33-41,43-44H,1,27,30-32H2,2-19H3/b24-21+,25-22+,26-23-,29-28?/t33-,34+,35-,36-,37-,38-,39+,40?,41-,43-,44-/m0/s1. The Morgan fingerprint density at radius 1 is 0.836 bits per heavy atom. The number of carbonyl (C=O) groups excluding carboxylic acids is 1. The van der Waals surface area contributed by atoms with Crippen LogP contribution >= 0.6 is 0 Å². The molecule has 0 aliphatic carbocycles. The van der Waals surface area contributed by atoms with Crippen LogP contribution in [0.5, 0.6) is 0 Å². The zero-order chi connectivity index (χ0) is 42.2. The molecule has 2 rings (SSSR count). The van der Waals surface area contributed by atoms with Crippen LogP contribution in [-0.2, 0) is 27.9 Å². The van der Waals surface area contributed by atoms with Gasteiger partial charge in [-0.15, -0.1) is 0 Å². The average Bonchev–Trinajstić information content (AvgIpc) is 3.05. The summed E-state index contributed by atoms with van der Waals surface area (Å²) in [5, 5.41) is 0.146. The molecule has 0 aromatic rings. The molecule has 2 aliphatic rings. The summed E-state index contributed by atoms with van der Waals surface area (Å²) in [6.45, 7) is 44.7. The molecule has 0 radical (unpaired) electrons. The van der Waals surface area contributed by atoms with E-state index in [1.165, 1.54) is 6.08 Å². The lowest BCUT2D eigenvalue weighted by Gasteiger charge is -2.44. The van der Waals surface area contributed by atoms with E-state index in [4.69, 9.17) is 23.1 Å². The number of fused-ring (bicyclic) bond motifs is 2. The summed E-state index contributed by atoms with van der Waals surface area (Å²) >= 11 is 0. The van der Waals surface area contributed by atoms with Crippen LogP contribution in [0.3, 0.4) is 0 Å². The lowest BCUT2D eigenvalue weighted by Crippen LogP contribution is -2.48. The molecule has 6 nitrogen and oxygen atoms in total. The van der Waals surface area contributed by atoms with Gasteiger partial charge in [-0.1, -0.05) is 138 Å². The molecule has 1 unspecified atom stereocenters. The van der Waals surface area contributed by atoms with E-state index in [2.05, 4.69) is 140 Å². The van der Waals surface area contributed by atoms with Gasteiger partial charge >= 0.3 is 5.97 Å². The molecule has 1 saturated heterocycles. The Labute approximate surface area is 341 Å². The molecule has 11 atom stereocenters. The fourth-order valence-corrected chi connectivity index (χ4v) is 10.4. The first-order valence-corrected chi connectivity index (χ1v) is 27.2. The molecular weight excluding hydrogens is 717 g/mol. The molecule has 1 fully saturated rings. The van der Waals surface area contributed by atoms with E-state index in [1.54, 1.807) is 12.2 Å². The highest BCUT2D eigenvalue weighted by Gasteiger charge is 2.44. The molecule has 2 bridgehead atoms. The van der Waals surface area contributed by atoms with Crippen LogP contribution in [0.15, 0.2) is 61.3 Å². The Bertz CT molecular complexity index is 1330. The molecule has 0 saturated carbocycles. The van der Waals surface area contributed by atoms with Gasteiger partial charge in [0.2, 0.25) is 0 Å². The number of carbonyl (C=O) groups is 1. The van der Waals surface area contributed by atoms with Gasteiger partial charge in [0.25, 0.3) is 0 Å². The Balaban J connectivity index is 2.66. The van der Waals surface area contributed by atoms with Gasteiger partial charge in [0.05, 0.1) is 24.4 Å². The minimum absolute atomic E-state index is 0.0285. The van der Waals surface area contributed by atoms with E-state index in [-0.39, 0.29) is 70.2 Å². The predicted octanol–water partition coefficient (Wildman–Crippen LogP) is 13.0. The molecule has 0 N–H and O–H groups in total. The molecule has 8 heteroatoms. The van der Waals surface area contributed by atoms with E-state index in [1.807, 2.05) is 26.0 Å². The second-order valence-electron chi connectivity index (χ2n) is 20.7. The number of cyclic esters (lactones) is 1. The maximum absolute atomic E-state index is 13.5. The average molecular weight is 801 g/mol. The van der Waals surface area contributed by atoms with Crippen molar-refractivity contribution in [2.75, 3.05) is 0 Å². The van der Waals surface area contributed by atoms with Crippen LogP contribution in [-0.4, -0.2) is 58.9 Å². The highest BCUT2D eigenvalue weighted by molar-refractivity contribution is 6.74. The van der Waals surface area contributed by atoms with Gasteiger partial charge in [-0.3, -0.25) is 0 Å². The Morgan fingerprint density at radius 3 is 2.02 bits per heavy atom. The first-order chi connectivity index (χ1) is 25.1. The quantitative estimate of drug-likeness (QED) is 0.111. The molecule has 0 spiro atoms. The Hall–Kier alpha value is -1.56. The Morgan fingerprint density at radius 2 is 1.44 bits per heavy atom. The number of hydrogen-bond donors (Lipinski definition) is 0. The van der Waals surface area contributed by atoms with Gasteiger partial charge in [-0.25, -0.2) is 4.79 Å². The molecule has 0 aromatic carbocycles.